The molecule has 2 aromatic rings. The Morgan fingerprint density at radius 2 is 2.24 bits per heavy atom. The third-order valence-corrected chi connectivity index (χ3v) is 4.39. The summed E-state index contributed by atoms with van der Waals surface area (Å²) >= 11 is 0. The van der Waals surface area contributed by atoms with Crippen LogP contribution in [0.3, 0.4) is 0 Å². The minimum Gasteiger partial charge on any atom is -0.376 e. The number of nitrogens with zero attached hydrogens (tertiary/aromatic N) is 2. The normalized spacial score (nSPS) is 25.5. The van der Waals surface area contributed by atoms with Gasteiger partial charge in [-0.05, 0) is 37.3 Å². The molecule has 1 aliphatic heterocycles. The van der Waals surface area contributed by atoms with Crippen LogP contribution in [0, 0.1) is 5.92 Å². The third-order valence-electron chi connectivity index (χ3n) is 4.39. The average molecular weight is 285 g/mol. The Labute approximate surface area is 123 Å². The van der Waals surface area contributed by atoms with Crippen LogP contribution in [0.1, 0.15) is 25.0 Å². The Morgan fingerprint density at radius 1 is 1.33 bits per heavy atom. The molecule has 2 aliphatic rings. The standard InChI is InChI=1S/C16H19N3O2/c20-15-9-12(18-14-3-1-2-7-19(14)15)10-17-13-6-8-21-16(13)11-4-5-11/h1-3,7,9,11,13,16-17H,4-6,8,10H2. The van der Waals surface area contributed by atoms with Crippen LogP contribution < -0.4 is 10.9 Å². The monoisotopic (exact) mass is 285 g/mol. The zero-order valence-corrected chi connectivity index (χ0v) is 11.9. The maximum Gasteiger partial charge on any atom is 0.258 e. The van der Waals surface area contributed by atoms with Crippen molar-refractivity contribution in [3.8, 4) is 0 Å². The van der Waals surface area contributed by atoms with Crippen LogP contribution in [0.15, 0.2) is 35.3 Å². The van der Waals surface area contributed by atoms with Gasteiger partial charge in [-0.3, -0.25) is 9.20 Å². The molecule has 2 aromatic heterocycles. The van der Waals surface area contributed by atoms with Gasteiger partial charge in [0.2, 0.25) is 0 Å². The molecule has 2 unspecified atom stereocenters. The van der Waals surface area contributed by atoms with Gasteiger partial charge in [-0.15, -0.1) is 0 Å². The topological polar surface area (TPSA) is 55.6 Å². The first-order chi connectivity index (χ1) is 10.3. The number of ether oxygens (including phenoxy) is 1. The Kier molecular flexibility index (Phi) is 3.24. The highest BCUT2D eigenvalue weighted by Gasteiger charge is 2.40. The fourth-order valence-electron chi connectivity index (χ4n) is 3.15. The lowest BCUT2D eigenvalue weighted by Gasteiger charge is -2.19. The number of hydrogen-bond donors (Lipinski definition) is 1. The summed E-state index contributed by atoms with van der Waals surface area (Å²) in [7, 11) is 0. The Hall–Kier alpha value is -1.72. The highest BCUT2D eigenvalue weighted by atomic mass is 16.5. The molecular formula is C16H19N3O2. The van der Waals surface area contributed by atoms with Crippen LogP contribution in [0.4, 0.5) is 0 Å². The molecule has 110 valence electrons. The predicted molar refractivity (Wildman–Crippen MR) is 79.2 cm³/mol. The number of hydrogen-bond acceptors (Lipinski definition) is 4. The fraction of sp³-hybridized carbons (Fsp3) is 0.500. The molecule has 0 radical (unpaired) electrons. The van der Waals surface area contributed by atoms with Crippen molar-refractivity contribution in [1.82, 2.24) is 14.7 Å². The van der Waals surface area contributed by atoms with E-state index in [4.69, 9.17) is 4.74 Å². The van der Waals surface area contributed by atoms with E-state index in [0.29, 0.717) is 24.3 Å². The predicted octanol–water partition coefficient (Wildman–Crippen LogP) is 1.35. The molecule has 1 aliphatic carbocycles. The molecule has 2 fully saturated rings. The highest BCUT2D eigenvalue weighted by Crippen LogP contribution is 2.38. The summed E-state index contributed by atoms with van der Waals surface area (Å²) in [6.45, 7) is 1.46. The summed E-state index contributed by atoms with van der Waals surface area (Å²) in [6.07, 6.45) is 5.73. The molecule has 4 rings (SSSR count). The highest BCUT2D eigenvalue weighted by molar-refractivity contribution is 5.37. The first-order valence-electron chi connectivity index (χ1n) is 7.63. The van der Waals surface area contributed by atoms with Crippen molar-refractivity contribution in [2.45, 2.75) is 38.0 Å². The van der Waals surface area contributed by atoms with Crippen molar-refractivity contribution < 1.29 is 4.74 Å². The van der Waals surface area contributed by atoms with Crippen LogP contribution in [0.25, 0.3) is 5.65 Å². The SMILES string of the molecule is O=c1cc(CNC2CCOC2C2CC2)nc2ccccn12. The summed E-state index contributed by atoms with van der Waals surface area (Å²) in [6, 6.07) is 7.60. The van der Waals surface area contributed by atoms with Crippen LogP contribution in [-0.4, -0.2) is 28.1 Å². The molecule has 0 spiro atoms. The van der Waals surface area contributed by atoms with Crippen molar-refractivity contribution >= 4 is 5.65 Å². The van der Waals surface area contributed by atoms with Gasteiger partial charge < -0.3 is 10.1 Å². The van der Waals surface area contributed by atoms with Gasteiger partial charge >= 0.3 is 0 Å². The largest absolute Gasteiger partial charge is 0.376 e. The van der Waals surface area contributed by atoms with Crippen molar-refractivity contribution in [3.63, 3.8) is 0 Å². The number of rotatable bonds is 4. The minimum atomic E-state index is -0.0289. The van der Waals surface area contributed by atoms with E-state index in [1.807, 2.05) is 18.2 Å². The molecule has 1 saturated heterocycles. The molecule has 5 heteroatoms. The maximum atomic E-state index is 12.0. The van der Waals surface area contributed by atoms with Gasteiger partial charge in [0, 0.05) is 31.5 Å². The maximum absolute atomic E-state index is 12.0. The molecule has 5 nitrogen and oxygen atoms in total. The lowest BCUT2D eigenvalue weighted by atomic mass is 10.1. The van der Waals surface area contributed by atoms with Gasteiger partial charge in [-0.1, -0.05) is 6.07 Å². The number of fused-ring (bicyclic) bond motifs is 1. The molecule has 0 amide bonds. The second-order valence-electron chi connectivity index (χ2n) is 5.96. The van der Waals surface area contributed by atoms with Crippen LogP contribution >= 0.6 is 0 Å². The summed E-state index contributed by atoms with van der Waals surface area (Å²) in [5.41, 5.74) is 1.47. The van der Waals surface area contributed by atoms with Crippen LogP contribution in [0.2, 0.25) is 0 Å². The molecule has 21 heavy (non-hydrogen) atoms. The van der Waals surface area contributed by atoms with Crippen molar-refractivity contribution in [2.24, 2.45) is 5.92 Å². The molecular weight excluding hydrogens is 266 g/mol. The van der Waals surface area contributed by atoms with E-state index in [-0.39, 0.29) is 5.56 Å². The van der Waals surface area contributed by atoms with Crippen molar-refractivity contribution in [3.05, 3.63) is 46.5 Å². The van der Waals surface area contributed by atoms with Gasteiger partial charge in [-0.2, -0.15) is 0 Å². The van der Waals surface area contributed by atoms with Crippen LogP contribution in [-0.2, 0) is 11.3 Å². The first-order valence-corrected chi connectivity index (χ1v) is 7.63. The van der Waals surface area contributed by atoms with E-state index in [1.165, 1.54) is 12.8 Å². The lowest BCUT2D eigenvalue weighted by Crippen LogP contribution is -2.37. The second-order valence-corrected chi connectivity index (χ2v) is 5.96. The summed E-state index contributed by atoms with van der Waals surface area (Å²) in [5, 5.41) is 3.53. The van der Waals surface area contributed by atoms with E-state index < -0.39 is 0 Å². The van der Waals surface area contributed by atoms with Crippen LogP contribution in [0.5, 0.6) is 0 Å². The molecule has 1 saturated carbocycles. The van der Waals surface area contributed by atoms with E-state index in [2.05, 4.69) is 10.3 Å². The third kappa shape index (κ3) is 2.59. The van der Waals surface area contributed by atoms with Gasteiger partial charge in [0.15, 0.2) is 0 Å². The molecule has 1 N–H and O–H groups in total. The minimum absolute atomic E-state index is 0.0289. The fourth-order valence-corrected chi connectivity index (χ4v) is 3.15. The zero-order chi connectivity index (χ0) is 14.2. The summed E-state index contributed by atoms with van der Waals surface area (Å²) in [4.78, 5) is 16.6. The molecule has 0 bridgehead atoms. The Bertz CT molecular complexity index is 708. The molecule has 0 aromatic carbocycles. The summed E-state index contributed by atoms with van der Waals surface area (Å²) < 4.78 is 7.39. The second kappa shape index (κ2) is 5.24. The number of pyridine rings is 1. The van der Waals surface area contributed by atoms with Gasteiger partial charge in [0.25, 0.3) is 5.56 Å². The van der Waals surface area contributed by atoms with E-state index >= 15 is 0 Å². The smallest absolute Gasteiger partial charge is 0.258 e. The number of aromatic nitrogens is 2. The van der Waals surface area contributed by atoms with Crippen molar-refractivity contribution in [2.75, 3.05) is 6.61 Å². The first kappa shape index (κ1) is 13.0. The van der Waals surface area contributed by atoms with Gasteiger partial charge in [0.05, 0.1) is 11.8 Å². The number of nitrogens with one attached hydrogen (secondary N) is 1. The van der Waals surface area contributed by atoms with E-state index in [0.717, 1.165) is 24.6 Å². The Balaban J connectivity index is 1.50. The quantitative estimate of drug-likeness (QED) is 0.921. The molecule has 2 atom stereocenters. The van der Waals surface area contributed by atoms with Gasteiger partial charge in [0.1, 0.15) is 5.65 Å². The van der Waals surface area contributed by atoms with E-state index in [1.54, 1.807) is 16.7 Å². The zero-order valence-electron chi connectivity index (χ0n) is 11.9. The van der Waals surface area contributed by atoms with Crippen molar-refractivity contribution in [1.29, 1.82) is 0 Å². The van der Waals surface area contributed by atoms with E-state index in [9.17, 15) is 4.79 Å². The molecule has 3 heterocycles. The average Bonchev–Trinajstić information content (AvgIpc) is 3.24. The van der Waals surface area contributed by atoms with Gasteiger partial charge in [-0.25, -0.2) is 4.98 Å². The Morgan fingerprint density at radius 3 is 3.10 bits per heavy atom. The summed E-state index contributed by atoms with van der Waals surface area (Å²) in [5.74, 6) is 0.736. The lowest BCUT2D eigenvalue weighted by molar-refractivity contribution is 0.0808.